The van der Waals surface area contributed by atoms with E-state index in [0.717, 1.165) is 10.1 Å². The second-order valence-electron chi connectivity index (χ2n) is 7.73. The summed E-state index contributed by atoms with van der Waals surface area (Å²) in [5.41, 5.74) is 2.80. The van der Waals surface area contributed by atoms with Crippen LogP contribution >= 0.6 is 0 Å². The highest BCUT2D eigenvalue weighted by Crippen LogP contribution is 2.38. The largest absolute Gasteiger partial charge is 0.493 e. The van der Waals surface area contributed by atoms with E-state index in [1.807, 2.05) is 0 Å². The summed E-state index contributed by atoms with van der Waals surface area (Å²) in [6.45, 7) is -2.73. The first kappa shape index (κ1) is 24.0. The number of carbonyl (C=O) groups is 1. The Kier molecular flexibility index (Phi) is 7.14. The highest BCUT2D eigenvalue weighted by molar-refractivity contribution is 5.91. The fourth-order valence-corrected chi connectivity index (χ4v) is 3.91. The van der Waals surface area contributed by atoms with Crippen LogP contribution in [0.1, 0.15) is 18.5 Å². The van der Waals surface area contributed by atoms with E-state index in [2.05, 4.69) is 10.3 Å². The van der Waals surface area contributed by atoms with Crippen LogP contribution in [0.2, 0.25) is 0 Å². The summed E-state index contributed by atoms with van der Waals surface area (Å²) in [6.07, 6.45) is 0.681. The summed E-state index contributed by atoms with van der Waals surface area (Å²) in [4.78, 5) is 16.9. The molecule has 0 aliphatic heterocycles. The van der Waals surface area contributed by atoms with Gasteiger partial charge in [-0.1, -0.05) is 12.1 Å². The highest BCUT2D eigenvalue weighted by atomic mass is 19.3. The van der Waals surface area contributed by atoms with Crippen LogP contribution in [-0.2, 0) is 11.2 Å². The number of para-hydroxylation sites is 2. The zero-order chi connectivity index (χ0) is 24.9. The summed E-state index contributed by atoms with van der Waals surface area (Å²) >= 11 is 0. The molecular weight excluding hydrogens is 456 g/mol. The van der Waals surface area contributed by atoms with Gasteiger partial charge in [0.1, 0.15) is 5.82 Å². The number of nitrogens with zero attached hydrogens (tertiary/aromatic N) is 2. The molecule has 35 heavy (non-hydrogen) atoms. The Morgan fingerprint density at radius 1 is 0.971 bits per heavy atom. The molecule has 182 valence electrons. The third-order valence-electron chi connectivity index (χ3n) is 5.58. The number of aromatic nitrogens is 2. The predicted octanol–water partition coefficient (Wildman–Crippen LogP) is 5.70. The van der Waals surface area contributed by atoms with Crippen molar-refractivity contribution < 1.29 is 27.8 Å². The van der Waals surface area contributed by atoms with E-state index in [1.165, 1.54) is 21.3 Å². The van der Waals surface area contributed by atoms with Crippen molar-refractivity contribution >= 4 is 22.6 Å². The number of amides is 1. The third-order valence-corrected chi connectivity index (χ3v) is 5.58. The Morgan fingerprint density at radius 2 is 1.63 bits per heavy atom. The molecular formula is C26H25F2N3O4. The molecule has 0 aliphatic carbocycles. The lowest BCUT2D eigenvalue weighted by Gasteiger charge is -2.14. The minimum atomic E-state index is -2.73. The number of hydrogen-bond donors (Lipinski definition) is 1. The lowest BCUT2D eigenvalue weighted by molar-refractivity contribution is -0.116. The average Bonchev–Trinajstić information content (AvgIpc) is 3.27. The average molecular weight is 481 g/mol. The van der Waals surface area contributed by atoms with E-state index in [1.54, 1.807) is 60.7 Å². The first-order valence-electron chi connectivity index (χ1n) is 10.9. The van der Waals surface area contributed by atoms with E-state index in [9.17, 15) is 13.6 Å². The monoisotopic (exact) mass is 481 g/mol. The number of alkyl halides is 2. The molecule has 0 radical (unpaired) electrons. The van der Waals surface area contributed by atoms with E-state index in [0.29, 0.717) is 46.0 Å². The summed E-state index contributed by atoms with van der Waals surface area (Å²) in [7, 11) is 4.60. The first-order valence-corrected chi connectivity index (χ1v) is 10.9. The van der Waals surface area contributed by atoms with Crippen molar-refractivity contribution in [3.8, 4) is 28.6 Å². The molecule has 4 aromatic rings. The zero-order valence-electron chi connectivity index (χ0n) is 19.5. The highest BCUT2D eigenvalue weighted by Gasteiger charge is 2.19. The number of halogens is 2. The van der Waals surface area contributed by atoms with Gasteiger partial charge in [-0.05, 0) is 60.5 Å². The number of rotatable bonds is 9. The van der Waals surface area contributed by atoms with Crippen molar-refractivity contribution in [1.82, 2.24) is 9.55 Å². The Balaban J connectivity index is 1.45. The Bertz CT molecular complexity index is 1310. The van der Waals surface area contributed by atoms with E-state index < -0.39 is 6.55 Å². The van der Waals surface area contributed by atoms with Crippen LogP contribution in [-0.4, -0.2) is 36.8 Å². The van der Waals surface area contributed by atoms with Gasteiger partial charge in [-0.3, -0.25) is 9.36 Å². The van der Waals surface area contributed by atoms with Crippen molar-refractivity contribution in [2.75, 3.05) is 26.6 Å². The van der Waals surface area contributed by atoms with Crippen LogP contribution in [0.3, 0.4) is 0 Å². The van der Waals surface area contributed by atoms with E-state index >= 15 is 0 Å². The van der Waals surface area contributed by atoms with E-state index in [-0.39, 0.29) is 18.2 Å². The number of ether oxygens (including phenoxy) is 3. The summed E-state index contributed by atoms with van der Waals surface area (Å²) in [5, 5.41) is 2.83. The number of carbonyl (C=O) groups excluding carboxylic acids is 1. The maximum absolute atomic E-state index is 13.7. The topological polar surface area (TPSA) is 74.6 Å². The summed E-state index contributed by atoms with van der Waals surface area (Å²) < 4.78 is 44.4. The van der Waals surface area contributed by atoms with Gasteiger partial charge in [-0.25, -0.2) is 4.98 Å². The van der Waals surface area contributed by atoms with Crippen molar-refractivity contribution in [2.24, 2.45) is 0 Å². The van der Waals surface area contributed by atoms with Crippen molar-refractivity contribution in [3.05, 3.63) is 66.2 Å². The lowest BCUT2D eigenvalue weighted by atomic mass is 10.1. The number of anilines is 1. The number of hydrogen-bond acceptors (Lipinski definition) is 5. The van der Waals surface area contributed by atoms with Crippen molar-refractivity contribution in [2.45, 2.75) is 19.4 Å². The second-order valence-corrected chi connectivity index (χ2v) is 7.73. The van der Waals surface area contributed by atoms with Gasteiger partial charge in [0, 0.05) is 17.7 Å². The molecule has 0 bridgehead atoms. The molecule has 9 heteroatoms. The Hall–Kier alpha value is -4.14. The van der Waals surface area contributed by atoms with Crippen LogP contribution in [0.4, 0.5) is 14.5 Å². The molecule has 7 nitrogen and oxygen atoms in total. The van der Waals surface area contributed by atoms with Gasteiger partial charge in [-0.15, -0.1) is 0 Å². The Labute approximate surface area is 201 Å². The van der Waals surface area contributed by atoms with Crippen LogP contribution < -0.4 is 19.5 Å². The maximum Gasteiger partial charge on any atom is 0.320 e. The zero-order valence-corrected chi connectivity index (χ0v) is 19.5. The van der Waals surface area contributed by atoms with Gasteiger partial charge in [-0.2, -0.15) is 8.78 Å². The molecule has 1 heterocycles. The molecule has 1 N–H and O–H groups in total. The number of imidazole rings is 1. The molecule has 0 aliphatic rings. The van der Waals surface area contributed by atoms with Crippen molar-refractivity contribution in [1.29, 1.82) is 0 Å². The van der Waals surface area contributed by atoms with Gasteiger partial charge >= 0.3 is 6.55 Å². The molecule has 0 saturated carbocycles. The van der Waals surface area contributed by atoms with Gasteiger partial charge in [0.15, 0.2) is 11.5 Å². The number of aryl methyl sites for hydroxylation is 1. The molecule has 4 rings (SSSR count). The molecule has 0 unspecified atom stereocenters. The summed E-state index contributed by atoms with van der Waals surface area (Å²) in [6, 6.07) is 17.0. The molecule has 0 fully saturated rings. The van der Waals surface area contributed by atoms with Crippen LogP contribution in [0, 0.1) is 0 Å². The van der Waals surface area contributed by atoms with Crippen LogP contribution in [0.25, 0.3) is 22.4 Å². The Morgan fingerprint density at radius 3 is 2.23 bits per heavy atom. The first-order chi connectivity index (χ1) is 16.9. The smallest absolute Gasteiger partial charge is 0.320 e. The fraction of sp³-hybridized carbons (Fsp3) is 0.231. The standard InChI is InChI=1S/C26H25F2N3O4/c1-33-21-14-16(15-22(34-2)24(21)35-3)8-13-23(32)29-18-11-9-17(10-12-18)25-30-19-6-4-5-7-20(19)31(25)26(27)28/h4-7,9-12,14-15,26H,8,13H2,1-3H3,(H,29,32). The van der Waals surface area contributed by atoms with Gasteiger partial charge in [0.25, 0.3) is 0 Å². The SMILES string of the molecule is COc1cc(CCC(=O)Nc2ccc(-c3nc4ccccc4n3C(F)F)cc2)cc(OC)c1OC. The van der Waals surface area contributed by atoms with Crippen LogP contribution in [0.5, 0.6) is 17.2 Å². The predicted molar refractivity (Wildman–Crippen MR) is 129 cm³/mol. The number of methoxy groups -OCH3 is 3. The van der Waals surface area contributed by atoms with Gasteiger partial charge in [0.05, 0.1) is 32.4 Å². The van der Waals surface area contributed by atoms with E-state index in [4.69, 9.17) is 14.2 Å². The van der Waals surface area contributed by atoms with Crippen LogP contribution in [0.15, 0.2) is 60.7 Å². The van der Waals surface area contributed by atoms with Gasteiger partial charge < -0.3 is 19.5 Å². The minimum absolute atomic E-state index is 0.168. The normalized spacial score (nSPS) is 11.0. The van der Waals surface area contributed by atoms with Crippen molar-refractivity contribution in [3.63, 3.8) is 0 Å². The number of nitrogens with one attached hydrogen (secondary N) is 1. The third kappa shape index (κ3) is 5.03. The summed E-state index contributed by atoms with van der Waals surface area (Å²) in [5.74, 6) is 1.51. The molecule has 0 saturated heterocycles. The molecule has 0 spiro atoms. The lowest BCUT2D eigenvalue weighted by Crippen LogP contribution is -2.12. The number of benzene rings is 3. The second kappa shape index (κ2) is 10.4. The minimum Gasteiger partial charge on any atom is -0.493 e. The molecule has 0 atom stereocenters. The van der Waals surface area contributed by atoms with Gasteiger partial charge in [0.2, 0.25) is 11.7 Å². The quantitative estimate of drug-likeness (QED) is 0.332. The molecule has 1 amide bonds. The molecule has 3 aromatic carbocycles. The maximum atomic E-state index is 13.7. The number of fused-ring (bicyclic) bond motifs is 1. The molecule has 1 aromatic heterocycles. The fourth-order valence-electron chi connectivity index (χ4n) is 3.91.